The highest BCUT2D eigenvalue weighted by Crippen LogP contribution is 2.13. The number of aromatic nitrogens is 2. The maximum absolute atomic E-state index is 11.2. The molecule has 0 saturated carbocycles. The molecule has 0 spiro atoms. The maximum atomic E-state index is 11.2. The minimum Gasteiger partial charge on any atom is -0.284 e. The molecule has 0 bridgehead atoms. The molecule has 4 nitrogen and oxygen atoms in total. The van der Waals surface area contributed by atoms with E-state index >= 15 is 0 Å². The lowest BCUT2D eigenvalue weighted by Crippen LogP contribution is -2.20. The molecule has 0 fully saturated rings. The van der Waals surface area contributed by atoms with Gasteiger partial charge in [0, 0.05) is 0 Å². The van der Waals surface area contributed by atoms with Crippen molar-refractivity contribution in [2.45, 2.75) is 6.54 Å². The molecular weight excluding hydrogens is 245 g/mol. The van der Waals surface area contributed by atoms with E-state index in [4.69, 9.17) is 16.9 Å². The number of halogens is 2. The zero-order valence-electron chi connectivity index (χ0n) is 5.79. The first-order valence-corrected chi connectivity index (χ1v) is 4.11. The van der Waals surface area contributed by atoms with Gasteiger partial charge in [-0.25, -0.2) is 4.98 Å². The van der Waals surface area contributed by atoms with Gasteiger partial charge in [-0.1, -0.05) is 11.6 Å². The van der Waals surface area contributed by atoms with Gasteiger partial charge in [-0.3, -0.25) is 9.36 Å². The number of nitriles is 1. The van der Waals surface area contributed by atoms with Crippen LogP contribution in [0.1, 0.15) is 0 Å². The molecule has 1 aromatic heterocycles. The van der Waals surface area contributed by atoms with Gasteiger partial charge >= 0.3 is 0 Å². The fourth-order valence-electron chi connectivity index (χ4n) is 0.633. The van der Waals surface area contributed by atoms with Crippen molar-refractivity contribution in [2.24, 2.45) is 0 Å². The van der Waals surface area contributed by atoms with E-state index in [1.807, 2.05) is 6.07 Å². The lowest BCUT2D eigenvalue weighted by atomic mass is 10.6. The summed E-state index contributed by atoms with van der Waals surface area (Å²) in [6.07, 6.45) is 1.23. The molecule has 1 rings (SSSR count). The molecule has 0 aliphatic carbocycles. The van der Waals surface area contributed by atoms with Crippen molar-refractivity contribution in [3.8, 4) is 6.07 Å². The Morgan fingerprint density at radius 2 is 2.50 bits per heavy atom. The second kappa shape index (κ2) is 3.70. The molecule has 0 N–H and O–H groups in total. The van der Waals surface area contributed by atoms with E-state index in [9.17, 15) is 4.79 Å². The third-order valence-corrected chi connectivity index (χ3v) is 2.41. The summed E-state index contributed by atoms with van der Waals surface area (Å²) in [5, 5.41) is 8.42. The van der Waals surface area contributed by atoms with Crippen molar-refractivity contribution >= 4 is 27.5 Å². The van der Waals surface area contributed by atoms with Crippen molar-refractivity contribution in [1.29, 1.82) is 5.26 Å². The summed E-state index contributed by atoms with van der Waals surface area (Å²) in [6.45, 7) is -0.0262. The van der Waals surface area contributed by atoms with Crippen LogP contribution in [0.4, 0.5) is 0 Å². The first-order chi connectivity index (χ1) is 5.66. The molecular formula is C6H3BrClN3O. The molecule has 0 amide bonds. The first-order valence-electron chi connectivity index (χ1n) is 2.94. The number of hydrogen-bond donors (Lipinski definition) is 0. The van der Waals surface area contributed by atoms with E-state index in [2.05, 4.69) is 20.9 Å². The average Bonchev–Trinajstić information content (AvgIpc) is 2.07. The minimum absolute atomic E-state index is 0.0262. The van der Waals surface area contributed by atoms with Crippen LogP contribution in [-0.2, 0) is 6.54 Å². The van der Waals surface area contributed by atoms with E-state index in [-0.39, 0.29) is 21.7 Å². The molecule has 62 valence electrons. The van der Waals surface area contributed by atoms with Crippen molar-refractivity contribution < 1.29 is 0 Å². The van der Waals surface area contributed by atoms with E-state index in [1.165, 1.54) is 6.33 Å². The Bertz CT molecular complexity index is 395. The zero-order valence-corrected chi connectivity index (χ0v) is 8.13. The molecule has 0 atom stereocenters. The van der Waals surface area contributed by atoms with Crippen LogP contribution in [0.15, 0.2) is 15.6 Å². The van der Waals surface area contributed by atoms with Crippen LogP contribution in [0, 0.1) is 11.3 Å². The fraction of sp³-hybridized carbons (Fsp3) is 0.167. The molecule has 0 radical (unpaired) electrons. The third kappa shape index (κ3) is 1.65. The smallest absolute Gasteiger partial charge is 0.270 e. The van der Waals surface area contributed by atoms with Gasteiger partial charge in [-0.2, -0.15) is 5.26 Å². The second-order valence-electron chi connectivity index (χ2n) is 1.94. The van der Waals surface area contributed by atoms with Crippen LogP contribution in [0.2, 0.25) is 5.15 Å². The highest BCUT2D eigenvalue weighted by Gasteiger charge is 2.05. The van der Waals surface area contributed by atoms with E-state index in [0.717, 1.165) is 4.57 Å². The van der Waals surface area contributed by atoms with Gasteiger partial charge in [0.1, 0.15) is 17.3 Å². The summed E-state index contributed by atoms with van der Waals surface area (Å²) in [7, 11) is 0. The molecule has 0 aromatic carbocycles. The van der Waals surface area contributed by atoms with E-state index in [1.54, 1.807) is 0 Å². The quantitative estimate of drug-likeness (QED) is 0.701. The maximum Gasteiger partial charge on any atom is 0.270 e. The average molecular weight is 248 g/mol. The second-order valence-corrected chi connectivity index (χ2v) is 3.09. The molecule has 0 aliphatic rings. The third-order valence-electron chi connectivity index (χ3n) is 1.18. The lowest BCUT2D eigenvalue weighted by molar-refractivity contribution is 0.756. The zero-order chi connectivity index (χ0) is 9.14. The molecule has 0 aliphatic heterocycles. The Balaban J connectivity index is 3.29. The van der Waals surface area contributed by atoms with Crippen LogP contribution in [0.3, 0.4) is 0 Å². The fourth-order valence-corrected chi connectivity index (χ4v) is 1.09. The van der Waals surface area contributed by atoms with Gasteiger partial charge < -0.3 is 0 Å². The normalized spacial score (nSPS) is 9.42. The van der Waals surface area contributed by atoms with Gasteiger partial charge in [-0.05, 0) is 15.9 Å². The van der Waals surface area contributed by atoms with E-state index in [0.29, 0.717) is 0 Å². The standard InChI is InChI=1S/C6H3BrClN3O/c7-4-5(8)10-3-11(2-1-9)6(4)12/h3H,2H2. The van der Waals surface area contributed by atoms with Gasteiger partial charge in [0.15, 0.2) is 5.15 Å². The van der Waals surface area contributed by atoms with Gasteiger partial charge in [-0.15, -0.1) is 0 Å². The molecule has 0 saturated heterocycles. The predicted octanol–water partition coefficient (Wildman–Crippen LogP) is 1.18. The Kier molecular flexibility index (Phi) is 2.84. The Labute approximate surface area is 81.5 Å². The molecule has 1 heterocycles. The molecule has 12 heavy (non-hydrogen) atoms. The van der Waals surface area contributed by atoms with E-state index < -0.39 is 0 Å². The predicted molar refractivity (Wildman–Crippen MR) is 46.8 cm³/mol. The molecule has 0 unspecified atom stereocenters. The summed E-state index contributed by atoms with van der Waals surface area (Å²) in [5.41, 5.74) is -0.350. The van der Waals surface area contributed by atoms with Crippen LogP contribution in [0.5, 0.6) is 0 Å². The number of rotatable bonds is 1. The van der Waals surface area contributed by atoms with Gasteiger partial charge in [0.25, 0.3) is 5.56 Å². The molecule has 1 aromatic rings. The van der Waals surface area contributed by atoms with Crippen molar-refractivity contribution in [3.05, 3.63) is 26.3 Å². The highest BCUT2D eigenvalue weighted by atomic mass is 79.9. The van der Waals surface area contributed by atoms with Crippen molar-refractivity contribution in [3.63, 3.8) is 0 Å². The van der Waals surface area contributed by atoms with Crippen LogP contribution in [0.25, 0.3) is 0 Å². The van der Waals surface area contributed by atoms with Gasteiger partial charge in [0.2, 0.25) is 0 Å². The van der Waals surface area contributed by atoms with Gasteiger partial charge in [0.05, 0.1) is 6.07 Å². The Hall–Kier alpha value is -0.860. The summed E-state index contributed by atoms with van der Waals surface area (Å²) < 4.78 is 1.34. The first kappa shape index (κ1) is 9.23. The Morgan fingerprint density at radius 3 is 3.08 bits per heavy atom. The largest absolute Gasteiger partial charge is 0.284 e. The summed E-state index contributed by atoms with van der Waals surface area (Å²) in [5.74, 6) is 0. The Morgan fingerprint density at radius 1 is 1.83 bits per heavy atom. The number of hydrogen-bond acceptors (Lipinski definition) is 3. The van der Waals surface area contributed by atoms with Crippen molar-refractivity contribution in [1.82, 2.24) is 9.55 Å². The molecule has 6 heteroatoms. The lowest BCUT2D eigenvalue weighted by Gasteiger charge is -1.99. The van der Waals surface area contributed by atoms with Crippen molar-refractivity contribution in [2.75, 3.05) is 0 Å². The van der Waals surface area contributed by atoms with Crippen LogP contribution < -0.4 is 5.56 Å². The minimum atomic E-state index is -0.350. The summed E-state index contributed by atoms with van der Waals surface area (Å²) in [6, 6.07) is 1.83. The van der Waals surface area contributed by atoms with Crippen LogP contribution in [-0.4, -0.2) is 9.55 Å². The van der Waals surface area contributed by atoms with Crippen LogP contribution >= 0.6 is 27.5 Å². The monoisotopic (exact) mass is 247 g/mol. The SMILES string of the molecule is N#CCn1cnc(Cl)c(Br)c1=O. The topological polar surface area (TPSA) is 58.7 Å². The summed E-state index contributed by atoms with van der Waals surface area (Å²) >= 11 is 8.49. The highest BCUT2D eigenvalue weighted by molar-refractivity contribution is 9.10. The summed E-state index contributed by atoms with van der Waals surface area (Å²) in [4.78, 5) is 14.9. The number of nitrogens with zero attached hydrogens (tertiary/aromatic N) is 3.